The van der Waals surface area contributed by atoms with Crippen molar-refractivity contribution in [3.05, 3.63) is 11.7 Å². The third kappa shape index (κ3) is 4.30. The van der Waals surface area contributed by atoms with Crippen molar-refractivity contribution < 1.29 is 4.52 Å². The molecule has 1 aliphatic rings. The largest absolute Gasteiger partial charge is 0.339 e. The zero-order valence-corrected chi connectivity index (χ0v) is 12.7. The predicted octanol–water partition coefficient (Wildman–Crippen LogP) is 2.98. The van der Waals surface area contributed by atoms with Crippen molar-refractivity contribution in [2.24, 2.45) is 11.3 Å². The number of aromatic nitrogens is 2. The molecule has 108 valence electrons. The van der Waals surface area contributed by atoms with E-state index in [-0.39, 0.29) is 5.41 Å². The van der Waals surface area contributed by atoms with Gasteiger partial charge in [0.2, 0.25) is 5.89 Å². The van der Waals surface area contributed by atoms with Crippen molar-refractivity contribution in [2.45, 2.75) is 65.3 Å². The summed E-state index contributed by atoms with van der Waals surface area (Å²) in [6, 6.07) is 0.477. The van der Waals surface area contributed by atoms with Gasteiger partial charge in [0.15, 0.2) is 5.82 Å². The lowest BCUT2D eigenvalue weighted by atomic mass is 9.92. The van der Waals surface area contributed by atoms with Gasteiger partial charge in [-0.15, -0.1) is 0 Å². The third-order valence-electron chi connectivity index (χ3n) is 3.93. The van der Waals surface area contributed by atoms with E-state index >= 15 is 0 Å². The molecule has 1 fully saturated rings. The van der Waals surface area contributed by atoms with E-state index in [2.05, 4.69) is 36.2 Å². The van der Waals surface area contributed by atoms with Crippen LogP contribution in [0.1, 0.15) is 58.2 Å². The van der Waals surface area contributed by atoms with Gasteiger partial charge in [-0.1, -0.05) is 38.8 Å². The van der Waals surface area contributed by atoms with Crippen LogP contribution in [0.5, 0.6) is 0 Å². The number of nitrogens with zero attached hydrogens (tertiary/aromatic N) is 2. The van der Waals surface area contributed by atoms with Gasteiger partial charge in [-0.05, 0) is 31.2 Å². The van der Waals surface area contributed by atoms with Gasteiger partial charge in [-0.2, -0.15) is 4.98 Å². The van der Waals surface area contributed by atoms with Crippen molar-refractivity contribution in [3.63, 3.8) is 0 Å². The van der Waals surface area contributed by atoms with Gasteiger partial charge in [-0.3, -0.25) is 0 Å². The summed E-state index contributed by atoms with van der Waals surface area (Å²) < 4.78 is 5.40. The Balaban J connectivity index is 1.94. The average Bonchev–Trinajstić information content (AvgIpc) is 2.94. The standard InChI is InChI=1S/C15H27N3O/c1-15(2,3)10-13-17-14(19-18-13)9-12(16-4)11-7-5-6-8-11/h11-12,16H,5-10H2,1-4H3. The molecule has 19 heavy (non-hydrogen) atoms. The van der Waals surface area contributed by atoms with Gasteiger partial charge in [0, 0.05) is 18.9 Å². The first kappa shape index (κ1) is 14.5. The smallest absolute Gasteiger partial charge is 0.228 e. The van der Waals surface area contributed by atoms with Crippen molar-refractivity contribution in [3.8, 4) is 0 Å². The summed E-state index contributed by atoms with van der Waals surface area (Å²) in [5, 5.41) is 7.52. The Bertz CT molecular complexity index is 388. The van der Waals surface area contributed by atoms with Crippen molar-refractivity contribution in [2.75, 3.05) is 7.05 Å². The molecule has 1 aliphatic carbocycles. The fourth-order valence-corrected chi connectivity index (χ4v) is 2.97. The molecule has 4 nitrogen and oxygen atoms in total. The van der Waals surface area contributed by atoms with Crippen LogP contribution < -0.4 is 5.32 Å². The van der Waals surface area contributed by atoms with Crippen LogP contribution in [0.25, 0.3) is 0 Å². The molecule has 0 radical (unpaired) electrons. The molecule has 1 aromatic heterocycles. The second-order valence-electron chi connectivity index (χ2n) is 6.99. The van der Waals surface area contributed by atoms with Crippen LogP contribution in [0.4, 0.5) is 0 Å². The quantitative estimate of drug-likeness (QED) is 0.889. The Labute approximate surface area is 116 Å². The highest BCUT2D eigenvalue weighted by atomic mass is 16.5. The van der Waals surface area contributed by atoms with Crippen molar-refractivity contribution in [1.29, 1.82) is 0 Å². The minimum atomic E-state index is 0.203. The van der Waals surface area contributed by atoms with E-state index in [1.54, 1.807) is 0 Å². The first-order chi connectivity index (χ1) is 8.98. The minimum absolute atomic E-state index is 0.203. The Morgan fingerprint density at radius 3 is 2.58 bits per heavy atom. The average molecular weight is 265 g/mol. The summed E-state index contributed by atoms with van der Waals surface area (Å²) in [6.07, 6.45) is 7.11. The van der Waals surface area contributed by atoms with Gasteiger partial charge in [0.25, 0.3) is 0 Å². The van der Waals surface area contributed by atoms with E-state index in [0.29, 0.717) is 6.04 Å². The number of likely N-dealkylation sites (N-methyl/N-ethyl adjacent to an activating group) is 1. The van der Waals surface area contributed by atoms with E-state index < -0.39 is 0 Å². The Morgan fingerprint density at radius 1 is 1.32 bits per heavy atom. The van der Waals surface area contributed by atoms with Crippen LogP contribution in [-0.4, -0.2) is 23.2 Å². The maximum Gasteiger partial charge on any atom is 0.228 e. The molecule has 2 rings (SSSR count). The van der Waals surface area contributed by atoms with Crippen molar-refractivity contribution in [1.82, 2.24) is 15.5 Å². The zero-order valence-electron chi connectivity index (χ0n) is 12.7. The number of hydrogen-bond donors (Lipinski definition) is 1. The van der Waals surface area contributed by atoms with Gasteiger partial charge < -0.3 is 9.84 Å². The lowest BCUT2D eigenvalue weighted by Gasteiger charge is -2.20. The van der Waals surface area contributed by atoms with Crippen LogP contribution in [-0.2, 0) is 12.8 Å². The second-order valence-corrected chi connectivity index (χ2v) is 6.99. The van der Waals surface area contributed by atoms with E-state index in [0.717, 1.165) is 30.5 Å². The number of hydrogen-bond acceptors (Lipinski definition) is 4. The highest BCUT2D eigenvalue weighted by Gasteiger charge is 2.26. The molecule has 1 saturated carbocycles. The molecule has 0 spiro atoms. The first-order valence-corrected chi connectivity index (χ1v) is 7.46. The molecule has 1 heterocycles. The fourth-order valence-electron chi connectivity index (χ4n) is 2.97. The van der Waals surface area contributed by atoms with Crippen LogP contribution in [0.2, 0.25) is 0 Å². The van der Waals surface area contributed by atoms with E-state index in [9.17, 15) is 0 Å². The maximum atomic E-state index is 5.40. The molecular formula is C15H27N3O. The minimum Gasteiger partial charge on any atom is -0.339 e. The van der Waals surface area contributed by atoms with Crippen molar-refractivity contribution >= 4 is 0 Å². The molecule has 0 aromatic carbocycles. The lowest BCUT2D eigenvalue weighted by molar-refractivity contribution is 0.314. The Kier molecular flexibility index (Phi) is 4.61. The third-order valence-corrected chi connectivity index (χ3v) is 3.93. The van der Waals surface area contributed by atoms with Gasteiger partial charge >= 0.3 is 0 Å². The molecular weight excluding hydrogens is 238 g/mol. The molecule has 1 unspecified atom stereocenters. The highest BCUT2D eigenvalue weighted by Crippen LogP contribution is 2.29. The molecule has 4 heteroatoms. The van der Waals surface area contributed by atoms with E-state index in [1.165, 1.54) is 25.7 Å². The predicted molar refractivity (Wildman–Crippen MR) is 76.0 cm³/mol. The Morgan fingerprint density at radius 2 is 2.00 bits per heavy atom. The summed E-state index contributed by atoms with van der Waals surface area (Å²) in [5.74, 6) is 2.39. The molecule has 0 amide bonds. The number of nitrogens with one attached hydrogen (secondary N) is 1. The van der Waals surface area contributed by atoms with Crippen LogP contribution in [0.15, 0.2) is 4.52 Å². The molecule has 0 saturated heterocycles. The molecule has 0 aliphatic heterocycles. The topological polar surface area (TPSA) is 51.0 Å². The summed E-state index contributed by atoms with van der Waals surface area (Å²) in [7, 11) is 2.04. The molecule has 1 N–H and O–H groups in total. The van der Waals surface area contributed by atoms with E-state index in [4.69, 9.17) is 4.52 Å². The van der Waals surface area contributed by atoms with Gasteiger partial charge in [-0.25, -0.2) is 0 Å². The molecule has 1 aromatic rings. The number of rotatable bonds is 5. The lowest BCUT2D eigenvalue weighted by Crippen LogP contribution is -2.34. The second kappa shape index (κ2) is 6.04. The van der Waals surface area contributed by atoms with E-state index in [1.807, 2.05) is 7.05 Å². The highest BCUT2D eigenvalue weighted by molar-refractivity contribution is 4.94. The first-order valence-electron chi connectivity index (χ1n) is 7.46. The van der Waals surface area contributed by atoms with Crippen LogP contribution in [0.3, 0.4) is 0 Å². The summed E-state index contributed by atoms with van der Waals surface area (Å²) in [6.45, 7) is 6.58. The normalized spacial score (nSPS) is 18.9. The van der Waals surface area contributed by atoms with Gasteiger partial charge in [0.1, 0.15) is 0 Å². The fraction of sp³-hybridized carbons (Fsp3) is 0.867. The SMILES string of the molecule is CNC(Cc1nc(CC(C)(C)C)no1)C1CCCC1. The zero-order chi connectivity index (χ0) is 13.9. The van der Waals surface area contributed by atoms with Crippen LogP contribution >= 0.6 is 0 Å². The van der Waals surface area contributed by atoms with Gasteiger partial charge in [0.05, 0.1) is 0 Å². The summed E-state index contributed by atoms with van der Waals surface area (Å²) in [5.41, 5.74) is 0.203. The summed E-state index contributed by atoms with van der Waals surface area (Å²) in [4.78, 5) is 4.54. The van der Waals surface area contributed by atoms with Crippen LogP contribution in [0, 0.1) is 11.3 Å². The Hall–Kier alpha value is -0.900. The summed E-state index contributed by atoms with van der Waals surface area (Å²) >= 11 is 0. The molecule has 0 bridgehead atoms. The maximum absolute atomic E-state index is 5.40. The monoisotopic (exact) mass is 265 g/mol. The molecule has 1 atom stereocenters.